The van der Waals surface area contributed by atoms with Gasteiger partial charge in [-0.3, -0.25) is 9.59 Å². The van der Waals surface area contributed by atoms with Crippen molar-refractivity contribution in [2.75, 3.05) is 6.54 Å². The predicted octanol–water partition coefficient (Wildman–Crippen LogP) is 1.96. The number of rotatable bonds is 5. The first-order chi connectivity index (χ1) is 8.54. The summed E-state index contributed by atoms with van der Waals surface area (Å²) in [6.07, 6.45) is 1.51. The van der Waals surface area contributed by atoms with E-state index in [4.69, 9.17) is 16.7 Å². The van der Waals surface area contributed by atoms with Crippen LogP contribution in [0.1, 0.15) is 24.8 Å². The highest BCUT2D eigenvalue weighted by Crippen LogP contribution is 2.48. The molecule has 5 heteroatoms. The van der Waals surface area contributed by atoms with Crippen molar-refractivity contribution < 1.29 is 14.7 Å². The minimum absolute atomic E-state index is 0.0582. The molecule has 1 aromatic carbocycles. The van der Waals surface area contributed by atoms with Gasteiger partial charge in [0.25, 0.3) is 0 Å². The molecule has 0 saturated heterocycles. The summed E-state index contributed by atoms with van der Waals surface area (Å²) in [6, 6.07) is 7.27. The molecule has 96 valence electrons. The summed E-state index contributed by atoms with van der Waals surface area (Å²) in [7, 11) is 0. The lowest BCUT2D eigenvalue weighted by molar-refractivity contribution is -0.137. The molecule has 0 aromatic heterocycles. The van der Waals surface area contributed by atoms with Crippen LogP contribution in [0, 0.1) is 0 Å². The Morgan fingerprint density at radius 1 is 1.39 bits per heavy atom. The molecule has 2 N–H and O–H groups in total. The van der Waals surface area contributed by atoms with Gasteiger partial charge in [-0.05, 0) is 30.5 Å². The minimum Gasteiger partial charge on any atom is -0.481 e. The summed E-state index contributed by atoms with van der Waals surface area (Å²) in [5, 5.41) is 11.8. The summed E-state index contributed by atoms with van der Waals surface area (Å²) in [4.78, 5) is 22.5. The second-order valence-electron chi connectivity index (χ2n) is 4.49. The fourth-order valence-electron chi connectivity index (χ4n) is 2.01. The third-order valence-corrected chi connectivity index (χ3v) is 3.42. The molecule has 4 nitrogen and oxygen atoms in total. The van der Waals surface area contributed by atoms with Crippen LogP contribution >= 0.6 is 11.6 Å². The van der Waals surface area contributed by atoms with Gasteiger partial charge in [0.15, 0.2) is 0 Å². The van der Waals surface area contributed by atoms with Crippen molar-refractivity contribution in [3.05, 3.63) is 34.9 Å². The van der Waals surface area contributed by atoms with Crippen LogP contribution < -0.4 is 5.32 Å². The highest BCUT2D eigenvalue weighted by atomic mass is 35.5. The normalized spacial score (nSPS) is 16.1. The van der Waals surface area contributed by atoms with Crippen molar-refractivity contribution in [1.29, 1.82) is 0 Å². The zero-order chi connectivity index (χ0) is 13.2. The van der Waals surface area contributed by atoms with E-state index in [1.165, 1.54) is 0 Å². The number of amides is 1. The molecule has 1 fully saturated rings. The zero-order valence-corrected chi connectivity index (χ0v) is 10.5. The van der Waals surface area contributed by atoms with E-state index in [0.29, 0.717) is 5.02 Å². The Kier molecular flexibility index (Phi) is 3.57. The highest BCUT2D eigenvalue weighted by Gasteiger charge is 2.51. The lowest BCUT2D eigenvalue weighted by Gasteiger charge is -2.15. The molecule has 2 rings (SSSR count). The molecule has 1 amide bonds. The SMILES string of the molecule is O=C(O)CCNC(=O)C1(c2cccc(Cl)c2)CC1. The number of carbonyl (C=O) groups is 2. The summed E-state index contributed by atoms with van der Waals surface area (Å²) >= 11 is 5.92. The third kappa shape index (κ3) is 2.64. The molecule has 1 aliphatic carbocycles. The molecule has 0 aliphatic heterocycles. The van der Waals surface area contributed by atoms with Crippen LogP contribution in [0.4, 0.5) is 0 Å². The molecule has 1 aromatic rings. The molecule has 18 heavy (non-hydrogen) atoms. The number of carboxylic acid groups (broad SMARTS) is 1. The minimum atomic E-state index is -0.914. The van der Waals surface area contributed by atoms with E-state index in [1.807, 2.05) is 12.1 Å². The van der Waals surface area contributed by atoms with Gasteiger partial charge in [0.05, 0.1) is 11.8 Å². The zero-order valence-electron chi connectivity index (χ0n) is 9.78. The van der Waals surface area contributed by atoms with Crippen LogP contribution in [0.3, 0.4) is 0 Å². The van der Waals surface area contributed by atoms with Crippen molar-refractivity contribution in [3.8, 4) is 0 Å². The maximum atomic E-state index is 12.1. The lowest BCUT2D eigenvalue weighted by Crippen LogP contribution is -2.35. The van der Waals surface area contributed by atoms with Gasteiger partial charge in [0.2, 0.25) is 5.91 Å². The number of carbonyl (C=O) groups excluding carboxylic acids is 1. The monoisotopic (exact) mass is 267 g/mol. The average molecular weight is 268 g/mol. The van der Waals surface area contributed by atoms with Crippen molar-refractivity contribution in [2.24, 2.45) is 0 Å². The fourth-order valence-corrected chi connectivity index (χ4v) is 2.20. The average Bonchev–Trinajstić information content (AvgIpc) is 3.09. The number of halogens is 1. The Morgan fingerprint density at radius 3 is 2.67 bits per heavy atom. The maximum absolute atomic E-state index is 12.1. The first kappa shape index (κ1) is 12.9. The highest BCUT2D eigenvalue weighted by molar-refractivity contribution is 6.30. The van der Waals surface area contributed by atoms with Crippen LogP contribution in [-0.2, 0) is 15.0 Å². The van der Waals surface area contributed by atoms with Gasteiger partial charge in [-0.25, -0.2) is 0 Å². The molecule has 0 atom stereocenters. The van der Waals surface area contributed by atoms with Crippen molar-refractivity contribution in [2.45, 2.75) is 24.7 Å². The third-order valence-electron chi connectivity index (χ3n) is 3.19. The molecule has 1 saturated carbocycles. The molecule has 0 heterocycles. The van der Waals surface area contributed by atoms with Gasteiger partial charge in [0.1, 0.15) is 0 Å². The number of hydrogen-bond acceptors (Lipinski definition) is 2. The quantitative estimate of drug-likeness (QED) is 0.857. The maximum Gasteiger partial charge on any atom is 0.305 e. The topological polar surface area (TPSA) is 66.4 Å². The van der Waals surface area contributed by atoms with Crippen LogP contribution in [0.25, 0.3) is 0 Å². The van der Waals surface area contributed by atoms with E-state index >= 15 is 0 Å². The van der Waals surface area contributed by atoms with Gasteiger partial charge in [0, 0.05) is 11.6 Å². The number of hydrogen-bond donors (Lipinski definition) is 2. The van der Waals surface area contributed by atoms with Crippen LogP contribution in [0.5, 0.6) is 0 Å². The van der Waals surface area contributed by atoms with E-state index in [9.17, 15) is 9.59 Å². The largest absolute Gasteiger partial charge is 0.481 e. The Hall–Kier alpha value is -1.55. The molecular formula is C13H14ClNO3. The van der Waals surface area contributed by atoms with Crippen LogP contribution in [0.15, 0.2) is 24.3 Å². The van der Waals surface area contributed by atoms with Gasteiger partial charge in [-0.2, -0.15) is 0 Å². The summed E-state index contributed by atoms with van der Waals surface area (Å²) in [5.74, 6) is -1.02. The van der Waals surface area contributed by atoms with Gasteiger partial charge >= 0.3 is 5.97 Å². The van der Waals surface area contributed by atoms with E-state index in [-0.39, 0.29) is 18.9 Å². The summed E-state index contributed by atoms with van der Waals surface area (Å²) < 4.78 is 0. The van der Waals surface area contributed by atoms with Crippen LogP contribution in [-0.4, -0.2) is 23.5 Å². The molecule has 1 aliphatic rings. The molecule has 0 bridgehead atoms. The lowest BCUT2D eigenvalue weighted by atomic mass is 9.95. The van der Waals surface area contributed by atoms with E-state index in [0.717, 1.165) is 18.4 Å². The van der Waals surface area contributed by atoms with E-state index in [1.54, 1.807) is 12.1 Å². The van der Waals surface area contributed by atoms with Crippen molar-refractivity contribution in [3.63, 3.8) is 0 Å². The molecule has 0 radical (unpaired) electrons. The molecule has 0 spiro atoms. The summed E-state index contributed by atoms with van der Waals surface area (Å²) in [6.45, 7) is 0.163. The second-order valence-corrected chi connectivity index (χ2v) is 4.93. The fraction of sp³-hybridized carbons (Fsp3) is 0.385. The molecule has 0 unspecified atom stereocenters. The number of benzene rings is 1. The van der Waals surface area contributed by atoms with E-state index in [2.05, 4.69) is 5.32 Å². The standard InChI is InChI=1S/C13H14ClNO3/c14-10-3-1-2-9(8-10)13(5-6-13)12(18)15-7-4-11(16)17/h1-3,8H,4-7H2,(H,15,18)(H,16,17). The van der Waals surface area contributed by atoms with Gasteiger partial charge < -0.3 is 10.4 Å². The first-order valence-corrected chi connectivity index (χ1v) is 6.18. The van der Waals surface area contributed by atoms with Crippen molar-refractivity contribution >= 4 is 23.5 Å². The predicted molar refractivity (Wildman–Crippen MR) is 67.6 cm³/mol. The van der Waals surface area contributed by atoms with Gasteiger partial charge in [-0.15, -0.1) is 0 Å². The Morgan fingerprint density at radius 2 is 2.11 bits per heavy atom. The van der Waals surface area contributed by atoms with E-state index < -0.39 is 11.4 Å². The Labute approximate surface area is 110 Å². The smallest absolute Gasteiger partial charge is 0.305 e. The van der Waals surface area contributed by atoms with Crippen molar-refractivity contribution in [1.82, 2.24) is 5.32 Å². The molecular weight excluding hydrogens is 254 g/mol. The first-order valence-electron chi connectivity index (χ1n) is 5.81. The number of carboxylic acids is 1. The Bertz CT molecular complexity index is 483. The Balaban J connectivity index is 2.03. The van der Waals surface area contributed by atoms with Gasteiger partial charge in [-0.1, -0.05) is 23.7 Å². The number of aliphatic carboxylic acids is 1. The summed E-state index contributed by atoms with van der Waals surface area (Å²) in [5.41, 5.74) is 0.409. The second kappa shape index (κ2) is 4.98. The van der Waals surface area contributed by atoms with Crippen LogP contribution in [0.2, 0.25) is 5.02 Å². The number of nitrogens with one attached hydrogen (secondary N) is 1.